The Bertz CT molecular complexity index is 481. The van der Waals surface area contributed by atoms with E-state index in [1.165, 1.54) is 11.4 Å². The van der Waals surface area contributed by atoms with Crippen LogP contribution in [0.3, 0.4) is 0 Å². The lowest BCUT2D eigenvalue weighted by Gasteiger charge is -2.31. The fraction of sp³-hybridized carbons (Fsp3) is 0.929. The van der Waals surface area contributed by atoms with Crippen molar-refractivity contribution in [2.24, 2.45) is 11.3 Å². The molecule has 21 heavy (non-hydrogen) atoms. The molecule has 1 saturated carbocycles. The first kappa shape index (κ1) is 16.7. The largest absolute Gasteiger partial charge is 0.469 e. The Balaban J connectivity index is 1.88. The highest BCUT2D eigenvalue weighted by molar-refractivity contribution is 7.87. The van der Waals surface area contributed by atoms with Gasteiger partial charge >= 0.3 is 5.97 Å². The van der Waals surface area contributed by atoms with Crippen LogP contribution in [-0.2, 0) is 19.7 Å². The summed E-state index contributed by atoms with van der Waals surface area (Å²) in [5, 5.41) is 0. The minimum atomic E-state index is -3.44. The van der Waals surface area contributed by atoms with E-state index < -0.39 is 10.2 Å². The average molecular weight is 318 g/mol. The second kappa shape index (κ2) is 6.22. The SMILES string of the molecule is COC(=O)C1CCN(S(=O)(=O)NC2CCC(C)(C)C2)CC1. The maximum absolute atomic E-state index is 12.4. The van der Waals surface area contributed by atoms with Gasteiger partial charge in [0.25, 0.3) is 10.2 Å². The lowest BCUT2D eigenvalue weighted by molar-refractivity contribution is -0.146. The van der Waals surface area contributed by atoms with Gasteiger partial charge in [0.2, 0.25) is 0 Å². The van der Waals surface area contributed by atoms with Gasteiger partial charge in [0.1, 0.15) is 0 Å². The van der Waals surface area contributed by atoms with Crippen LogP contribution in [0.2, 0.25) is 0 Å². The molecule has 0 radical (unpaired) electrons. The number of ether oxygens (including phenoxy) is 1. The van der Waals surface area contributed by atoms with Crippen LogP contribution in [0, 0.1) is 11.3 Å². The Morgan fingerprint density at radius 1 is 1.24 bits per heavy atom. The Morgan fingerprint density at radius 2 is 1.86 bits per heavy atom. The summed E-state index contributed by atoms with van der Waals surface area (Å²) in [4.78, 5) is 11.5. The number of methoxy groups -OCH3 is 1. The molecule has 1 heterocycles. The Labute approximate surface area is 127 Å². The molecule has 0 bridgehead atoms. The maximum atomic E-state index is 12.4. The maximum Gasteiger partial charge on any atom is 0.308 e. The number of rotatable bonds is 4. The molecule has 1 aliphatic heterocycles. The molecule has 6 nitrogen and oxygen atoms in total. The number of carbonyl (C=O) groups is 1. The Morgan fingerprint density at radius 3 is 2.33 bits per heavy atom. The molecular weight excluding hydrogens is 292 g/mol. The summed E-state index contributed by atoms with van der Waals surface area (Å²) >= 11 is 0. The summed E-state index contributed by atoms with van der Waals surface area (Å²) in [6, 6.07) is 0.0309. The van der Waals surface area contributed by atoms with Gasteiger partial charge in [-0.3, -0.25) is 4.79 Å². The number of nitrogens with one attached hydrogen (secondary N) is 1. The van der Waals surface area contributed by atoms with Crippen LogP contribution in [0.1, 0.15) is 46.0 Å². The van der Waals surface area contributed by atoms with E-state index >= 15 is 0 Å². The molecule has 2 fully saturated rings. The molecular formula is C14H26N2O4S. The summed E-state index contributed by atoms with van der Waals surface area (Å²) < 4.78 is 33.8. The molecule has 1 saturated heterocycles. The third-order valence-electron chi connectivity index (χ3n) is 4.61. The first-order chi connectivity index (χ1) is 9.73. The highest BCUT2D eigenvalue weighted by Crippen LogP contribution is 2.37. The molecule has 1 unspecified atom stereocenters. The number of esters is 1. The van der Waals surface area contributed by atoms with Crippen molar-refractivity contribution < 1.29 is 17.9 Å². The first-order valence-corrected chi connectivity index (χ1v) is 9.03. The van der Waals surface area contributed by atoms with E-state index in [1.54, 1.807) is 0 Å². The van der Waals surface area contributed by atoms with E-state index in [0.29, 0.717) is 25.9 Å². The van der Waals surface area contributed by atoms with Gasteiger partial charge in [-0.25, -0.2) is 0 Å². The predicted molar refractivity (Wildman–Crippen MR) is 79.8 cm³/mol. The fourth-order valence-electron chi connectivity index (χ4n) is 3.32. The third kappa shape index (κ3) is 4.17. The van der Waals surface area contributed by atoms with E-state index in [0.717, 1.165) is 19.3 Å². The van der Waals surface area contributed by atoms with E-state index in [4.69, 9.17) is 4.74 Å². The third-order valence-corrected chi connectivity index (χ3v) is 6.29. The molecule has 0 spiro atoms. The predicted octanol–water partition coefficient (Wildman–Crippen LogP) is 1.28. The molecule has 2 aliphatic rings. The van der Waals surface area contributed by atoms with Gasteiger partial charge in [-0.15, -0.1) is 0 Å². The topological polar surface area (TPSA) is 75.7 Å². The van der Waals surface area contributed by atoms with Crippen molar-refractivity contribution in [1.29, 1.82) is 0 Å². The molecule has 1 atom stereocenters. The average Bonchev–Trinajstić information content (AvgIpc) is 2.76. The normalized spacial score (nSPS) is 27.7. The minimum absolute atomic E-state index is 0.0309. The number of nitrogens with zero attached hydrogens (tertiary/aromatic N) is 1. The second-order valence-electron chi connectivity index (χ2n) is 6.92. The molecule has 0 aromatic heterocycles. The monoisotopic (exact) mass is 318 g/mol. The molecule has 122 valence electrons. The number of piperidine rings is 1. The van der Waals surface area contributed by atoms with Crippen molar-refractivity contribution in [3.8, 4) is 0 Å². The standard InChI is InChI=1S/C14H26N2O4S/c1-14(2)7-4-12(10-14)15-21(18,19)16-8-5-11(6-9-16)13(17)20-3/h11-12,15H,4-10H2,1-3H3. The van der Waals surface area contributed by atoms with Crippen LogP contribution in [-0.4, -0.2) is 44.9 Å². The quantitative estimate of drug-likeness (QED) is 0.792. The van der Waals surface area contributed by atoms with E-state index in [9.17, 15) is 13.2 Å². The van der Waals surface area contributed by atoms with Crippen LogP contribution < -0.4 is 4.72 Å². The molecule has 0 amide bonds. The first-order valence-electron chi connectivity index (χ1n) is 7.59. The lowest BCUT2D eigenvalue weighted by atomic mass is 9.92. The smallest absolute Gasteiger partial charge is 0.308 e. The van der Waals surface area contributed by atoms with Crippen LogP contribution in [0.15, 0.2) is 0 Å². The van der Waals surface area contributed by atoms with E-state index in [-0.39, 0.29) is 23.3 Å². The van der Waals surface area contributed by atoms with Crippen LogP contribution in [0.25, 0.3) is 0 Å². The number of carbonyl (C=O) groups excluding carboxylic acids is 1. The molecule has 7 heteroatoms. The Kier molecular flexibility index (Phi) is 4.95. The summed E-state index contributed by atoms with van der Waals surface area (Å²) in [6.45, 7) is 5.10. The van der Waals surface area contributed by atoms with Gasteiger partial charge in [-0.05, 0) is 37.5 Å². The summed E-state index contributed by atoms with van der Waals surface area (Å²) in [5.41, 5.74) is 0.213. The summed E-state index contributed by atoms with van der Waals surface area (Å²) in [5.74, 6) is -0.413. The molecule has 1 N–H and O–H groups in total. The van der Waals surface area contributed by atoms with Gasteiger partial charge in [-0.2, -0.15) is 17.4 Å². The van der Waals surface area contributed by atoms with Crippen LogP contribution in [0.5, 0.6) is 0 Å². The molecule has 0 aromatic rings. The summed E-state index contributed by atoms with van der Waals surface area (Å²) in [6.07, 6.45) is 3.88. The zero-order chi connectivity index (χ0) is 15.7. The van der Waals surface area contributed by atoms with Gasteiger partial charge in [0.15, 0.2) is 0 Å². The number of hydrogen-bond acceptors (Lipinski definition) is 4. The highest BCUT2D eigenvalue weighted by atomic mass is 32.2. The van der Waals surface area contributed by atoms with E-state index in [2.05, 4.69) is 18.6 Å². The lowest BCUT2D eigenvalue weighted by Crippen LogP contribution is -2.48. The van der Waals surface area contributed by atoms with Crippen molar-refractivity contribution in [1.82, 2.24) is 9.03 Å². The van der Waals surface area contributed by atoms with Gasteiger partial charge < -0.3 is 4.74 Å². The second-order valence-corrected chi connectivity index (χ2v) is 8.63. The zero-order valence-electron chi connectivity index (χ0n) is 13.1. The van der Waals surface area contributed by atoms with Crippen molar-refractivity contribution >= 4 is 16.2 Å². The van der Waals surface area contributed by atoms with Crippen molar-refractivity contribution in [2.45, 2.75) is 52.0 Å². The van der Waals surface area contributed by atoms with Gasteiger partial charge in [0, 0.05) is 19.1 Å². The van der Waals surface area contributed by atoms with E-state index in [1.807, 2.05) is 0 Å². The van der Waals surface area contributed by atoms with Crippen molar-refractivity contribution in [3.63, 3.8) is 0 Å². The fourth-order valence-corrected chi connectivity index (χ4v) is 4.78. The van der Waals surface area contributed by atoms with Crippen molar-refractivity contribution in [2.75, 3.05) is 20.2 Å². The van der Waals surface area contributed by atoms with Crippen LogP contribution >= 0.6 is 0 Å². The number of hydrogen-bond donors (Lipinski definition) is 1. The zero-order valence-corrected chi connectivity index (χ0v) is 13.9. The Hall–Kier alpha value is -0.660. The highest BCUT2D eigenvalue weighted by Gasteiger charge is 2.36. The van der Waals surface area contributed by atoms with Gasteiger partial charge in [-0.1, -0.05) is 13.8 Å². The summed E-state index contributed by atoms with van der Waals surface area (Å²) in [7, 11) is -2.07. The molecule has 2 rings (SSSR count). The molecule has 1 aliphatic carbocycles. The van der Waals surface area contributed by atoms with Gasteiger partial charge in [0.05, 0.1) is 13.0 Å². The minimum Gasteiger partial charge on any atom is -0.469 e. The molecule has 0 aromatic carbocycles. The van der Waals surface area contributed by atoms with Crippen molar-refractivity contribution in [3.05, 3.63) is 0 Å². The van der Waals surface area contributed by atoms with Crippen LogP contribution in [0.4, 0.5) is 0 Å².